The van der Waals surface area contributed by atoms with Crippen molar-refractivity contribution in [2.24, 2.45) is 0 Å². The van der Waals surface area contributed by atoms with Gasteiger partial charge in [-0.1, -0.05) is 60.7 Å². The zero-order valence-corrected chi connectivity index (χ0v) is 26.1. The summed E-state index contributed by atoms with van der Waals surface area (Å²) < 4.78 is 74.9. The normalized spacial score (nSPS) is 12.2. The van der Waals surface area contributed by atoms with Crippen molar-refractivity contribution in [2.75, 3.05) is 0 Å². The quantitative estimate of drug-likeness (QED) is 0.109. The minimum Gasteiger partial charge on any atom is -0.354 e. The van der Waals surface area contributed by atoms with Crippen LogP contribution in [-0.2, 0) is 0 Å². The molecule has 0 unspecified atom stereocenters. The molecule has 0 fully saturated rings. The number of hydrogen-bond acceptors (Lipinski definition) is 2. The maximum absolute atomic E-state index is 15.5. The molecule has 0 spiro atoms. The zero-order valence-electron chi connectivity index (χ0n) is 24.6. The van der Waals surface area contributed by atoms with Gasteiger partial charge in [-0.05, 0) is 75.6 Å². The molecule has 4 nitrogen and oxygen atoms in total. The van der Waals surface area contributed by atoms with Crippen LogP contribution in [0.1, 0.15) is 22.8 Å². The summed E-state index contributed by atoms with van der Waals surface area (Å²) in [6.07, 6.45) is 6.87. The highest BCUT2D eigenvalue weighted by molar-refractivity contribution is 9.10. The molecule has 8 rings (SSSR count). The van der Waals surface area contributed by atoms with E-state index in [1.807, 2.05) is 84.9 Å². The fourth-order valence-electron chi connectivity index (χ4n) is 6.08. The number of hydrogen-bond donors (Lipinski definition) is 2. The van der Waals surface area contributed by atoms with Crippen LogP contribution in [0.4, 0.5) is 22.0 Å². The number of rotatable bonds is 3. The second-order valence-corrected chi connectivity index (χ2v) is 11.9. The molecular formula is C38H20BrF5N4. The molecule has 234 valence electrons. The Morgan fingerprint density at radius 1 is 0.396 bits per heavy atom. The third-order valence-corrected chi connectivity index (χ3v) is 9.11. The van der Waals surface area contributed by atoms with Gasteiger partial charge in [-0.25, -0.2) is 31.9 Å². The maximum atomic E-state index is 15.5. The maximum Gasteiger partial charge on any atom is 0.200 e. The largest absolute Gasteiger partial charge is 0.354 e. The molecule has 0 atom stereocenters. The number of nitrogens with one attached hydrogen (secondary N) is 2. The van der Waals surface area contributed by atoms with Gasteiger partial charge in [0.15, 0.2) is 23.3 Å². The Labute approximate surface area is 278 Å². The van der Waals surface area contributed by atoms with Crippen molar-refractivity contribution in [2.45, 2.75) is 0 Å². The monoisotopic (exact) mass is 706 g/mol. The molecule has 0 amide bonds. The molecule has 8 bridgehead atoms. The molecule has 5 heterocycles. The first kappa shape index (κ1) is 29.8. The summed E-state index contributed by atoms with van der Waals surface area (Å²) in [5.41, 5.74) is 5.47. The predicted molar refractivity (Wildman–Crippen MR) is 183 cm³/mol. The van der Waals surface area contributed by atoms with Crippen molar-refractivity contribution in [3.05, 3.63) is 141 Å². The van der Waals surface area contributed by atoms with Crippen LogP contribution in [0.3, 0.4) is 0 Å². The molecule has 0 aliphatic carbocycles. The van der Waals surface area contributed by atoms with Crippen molar-refractivity contribution < 1.29 is 22.0 Å². The van der Waals surface area contributed by atoms with E-state index >= 15 is 8.78 Å². The smallest absolute Gasteiger partial charge is 0.200 e. The minimum absolute atomic E-state index is 0.0102. The van der Waals surface area contributed by atoms with Crippen LogP contribution in [0.5, 0.6) is 0 Å². The number of halogens is 6. The first-order valence-electron chi connectivity index (χ1n) is 14.7. The second kappa shape index (κ2) is 11.6. The molecule has 2 aliphatic heterocycles. The summed E-state index contributed by atoms with van der Waals surface area (Å²) in [6.45, 7) is 0. The average molecular weight is 708 g/mol. The number of H-pyrrole nitrogens is 2. The van der Waals surface area contributed by atoms with Gasteiger partial charge in [0.25, 0.3) is 0 Å². The van der Waals surface area contributed by atoms with E-state index in [0.717, 1.165) is 22.2 Å². The van der Waals surface area contributed by atoms with E-state index in [4.69, 9.17) is 4.98 Å². The fourth-order valence-corrected chi connectivity index (χ4v) is 6.53. The third kappa shape index (κ3) is 4.79. The van der Waals surface area contributed by atoms with E-state index in [2.05, 4.69) is 30.9 Å². The second-order valence-electron chi connectivity index (χ2n) is 11.1. The molecule has 10 heteroatoms. The summed E-state index contributed by atoms with van der Waals surface area (Å²) in [4.78, 5) is 16.3. The number of nitrogens with zero attached hydrogens (tertiary/aromatic N) is 2. The Morgan fingerprint density at radius 2 is 0.771 bits per heavy atom. The van der Waals surface area contributed by atoms with Crippen LogP contribution in [-0.4, -0.2) is 19.9 Å². The summed E-state index contributed by atoms with van der Waals surface area (Å²) in [6, 6.07) is 26.2. The zero-order chi connectivity index (χ0) is 33.1. The Bertz CT molecular complexity index is 2490. The van der Waals surface area contributed by atoms with Crippen LogP contribution in [0.15, 0.2) is 89.4 Å². The number of aromatic nitrogens is 4. The first-order valence-corrected chi connectivity index (χ1v) is 15.5. The Balaban J connectivity index is 1.58. The van der Waals surface area contributed by atoms with Crippen LogP contribution >= 0.6 is 15.9 Å². The standard InChI is InChI=1S/C38H20BrF5N4/c39-33-27-17-15-24(47-27)30(20-9-5-2-6-10-20)22-12-11-21(45-22)29(19-7-3-1-4-8-19)23-13-14-25(46-23)31(26-16-18-28(33)48-26)32-34(40)36(42)38(44)37(43)35(32)41/h1-18,46-47H. The SMILES string of the molecule is Fc1c(F)c(F)c(-c2c3nc(c(Br)c4ccc([nH]4)c(-c4ccccc4)c4nc(c(-c5ccccc5)c5ccc2[nH]5)C=C4)C=C3)c(F)c1F. The first-order chi connectivity index (χ1) is 23.3. The lowest BCUT2D eigenvalue weighted by atomic mass is 10.0. The van der Waals surface area contributed by atoms with Gasteiger partial charge in [0.05, 0.1) is 38.3 Å². The van der Waals surface area contributed by atoms with E-state index in [9.17, 15) is 13.2 Å². The summed E-state index contributed by atoms with van der Waals surface area (Å²) >= 11 is 3.61. The molecule has 3 aromatic heterocycles. The predicted octanol–water partition coefficient (Wildman–Crippen LogP) is 11.1. The van der Waals surface area contributed by atoms with E-state index in [1.165, 1.54) is 12.1 Å². The van der Waals surface area contributed by atoms with Gasteiger partial charge in [-0.15, -0.1) is 0 Å². The van der Waals surface area contributed by atoms with Crippen molar-refractivity contribution in [1.82, 2.24) is 19.9 Å². The van der Waals surface area contributed by atoms with Gasteiger partial charge in [0.2, 0.25) is 5.82 Å². The topological polar surface area (TPSA) is 57.4 Å². The minimum atomic E-state index is -2.24. The Morgan fingerprint density at radius 3 is 1.29 bits per heavy atom. The van der Waals surface area contributed by atoms with Gasteiger partial charge in [-0.3, -0.25) is 0 Å². The van der Waals surface area contributed by atoms with Gasteiger partial charge >= 0.3 is 0 Å². The Kier molecular flexibility index (Phi) is 7.18. The van der Waals surface area contributed by atoms with E-state index in [1.54, 1.807) is 12.1 Å². The van der Waals surface area contributed by atoms with Crippen molar-refractivity contribution in [1.29, 1.82) is 0 Å². The molecule has 2 aliphatic rings. The summed E-state index contributed by atoms with van der Waals surface area (Å²) in [5, 5.41) is 0. The van der Waals surface area contributed by atoms with Gasteiger partial charge < -0.3 is 9.97 Å². The van der Waals surface area contributed by atoms with Crippen LogP contribution < -0.4 is 0 Å². The fraction of sp³-hybridized carbons (Fsp3) is 0. The van der Waals surface area contributed by atoms with Crippen LogP contribution in [0.25, 0.3) is 79.8 Å². The average Bonchev–Trinajstić information content (AvgIpc) is 3.95. The highest BCUT2D eigenvalue weighted by Gasteiger charge is 2.29. The third-order valence-electron chi connectivity index (χ3n) is 8.27. The van der Waals surface area contributed by atoms with Crippen LogP contribution in [0, 0.1) is 29.1 Å². The van der Waals surface area contributed by atoms with E-state index in [0.29, 0.717) is 38.2 Å². The molecule has 2 N–H and O–H groups in total. The van der Waals surface area contributed by atoms with Gasteiger partial charge in [-0.2, -0.15) is 0 Å². The Hall–Kier alpha value is -5.61. The lowest BCUT2D eigenvalue weighted by molar-refractivity contribution is 0.381. The van der Waals surface area contributed by atoms with E-state index < -0.39 is 34.6 Å². The van der Waals surface area contributed by atoms with E-state index in [-0.39, 0.29) is 16.8 Å². The molecule has 48 heavy (non-hydrogen) atoms. The summed E-state index contributed by atoms with van der Waals surface area (Å²) in [7, 11) is 0. The van der Waals surface area contributed by atoms with Gasteiger partial charge in [0.1, 0.15) is 0 Å². The van der Waals surface area contributed by atoms with Crippen molar-refractivity contribution in [3.8, 4) is 33.4 Å². The summed E-state index contributed by atoms with van der Waals surface area (Å²) in [5.74, 6) is -10.3. The molecule has 0 saturated heterocycles. The molecule has 6 aromatic rings. The molecule has 0 saturated carbocycles. The lowest BCUT2D eigenvalue weighted by Crippen LogP contribution is -2.05. The molecule has 3 aromatic carbocycles. The number of aromatic amines is 2. The number of fused-ring (bicyclic) bond motifs is 8. The van der Waals surface area contributed by atoms with Crippen molar-refractivity contribution in [3.63, 3.8) is 0 Å². The highest BCUT2D eigenvalue weighted by Crippen LogP contribution is 2.39. The van der Waals surface area contributed by atoms with Gasteiger partial charge in [0, 0.05) is 33.2 Å². The molecular weight excluding hydrogens is 687 g/mol. The van der Waals surface area contributed by atoms with Crippen molar-refractivity contribution >= 4 is 62.3 Å². The van der Waals surface area contributed by atoms with Crippen LogP contribution in [0.2, 0.25) is 0 Å². The number of benzene rings is 3. The molecule has 0 radical (unpaired) electrons. The lowest BCUT2D eigenvalue weighted by Gasteiger charge is -2.10. The highest BCUT2D eigenvalue weighted by atomic mass is 79.9.